The standard InChI is InChI=1S/C24H29ClN4O3.C2HF3O2/c1-26-23(31)19-4-2-3-5-21(19)29-14-20(22(30)15-29)27-18-10-12-28(13-11-18)24(32)16-6-8-17(25)9-7-16;3-2(4,5)1(6)7/h2-9,18,20,22,27,30H,10-15H2,1H3,(H,26,31);(H,6,7)/t20?,22-;/m1./s1. The SMILES string of the molecule is CNC(=O)c1ccccc1N1CC(NC2CCN(C(=O)c3ccc(Cl)cc3)CC2)[C@H](O)C1.O=C(O)C(F)(F)F. The molecule has 0 spiro atoms. The summed E-state index contributed by atoms with van der Waals surface area (Å²) in [5.41, 5.74) is 2.09. The van der Waals surface area contributed by atoms with Gasteiger partial charge in [0.15, 0.2) is 0 Å². The molecule has 4 N–H and O–H groups in total. The van der Waals surface area contributed by atoms with Gasteiger partial charge in [-0.1, -0.05) is 23.7 Å². The molecule has 2 aromatic carbocycles. The average molecular weight is 571 g/mol. The first-order valence-corrected chi connectivity index (χ1v) is 12.6. The molecule has 0 saturated carbocycles. The number of carbonyl (C=O) groups is 3. The number of β-amino-alcohol motifs (C(OH)–C–C–N with tert-alkyl or cyclic N) is 1. The maximum absolute atomic E-state index is 12.7. The number of piperidine rings is 1. The van der Waals surface area contributed by atoms with E-state index in [1.807, 2.05) is 23.1 Å². The van der Waals surface area contributed by atoms with Crippen LogP contribution in [-0.4, -0.2) is 90.5 Å². The van der Waals surface area contributed by atoms with E-state index in [-0.39, 0.29) is 23.9 Å². The van der Waals surface area contributed by atoms with Crippen LogP contribution in [0.3, 0.4) is 0 Å². The molecule has 39 heavy (non-hydrogen) atoms. The summed E-state index contributed by atoms with van der Waals surface area (Å²) in [4.78, 5) is 37.8. The van der Waals surface area contributed by atoms with Crippen LogP contribution < -0.4 is 15.5 Å². The number of likely N-dealkylation sites (tertiary alicyclic amines) is 1. The van der Waals surface area contributed by atoms with Crippen LogP contribution in [0.4, 0.5) is 18.9 Å². The Bertz CT molecular complexity index is 1160. The van der Waals surface area contributed by atoms with Crippen molar-refractivity contribution in [2.45, 2.75) is 37.2 Å². The number of rotatable bonds is 5. The second-order valence-electron chi connectivity index (χ2n) is 9.22. The van der Waals surface area contributed by atoms with E-state index in [0.717, 1.165) is 18.5 Å². The molecule has 1 unspecified atom stereocenters. The van der Waals surface area contributed by atoms with Gasteiger partial charge in [-0.05, 0) is 49.2 Å². The van der Waals surface area contributed by atoms with Gasteiger partial charge in [-0.25, -0.2) is 4.79 Å². The molecule has 2 saturated heterocycles. The first-order chi connectivity index (χ1) is 18.4. The lowest BCUT2D eigenvalue weighted by Crippen LogP contribution is -2.50. The van der Waals surface area contributed by atoms with Crippen molar-refractivity contribution >= 4 is 35.1 Å². The maximum atomic E-state index is 12.7. The zero-order valence-electron chi connectivity index (χ0n) is 21.1. The van der Waals surface area contributed by atoms with Crippen molar-refractivity contribution in [3.8, 4) is 0 Å². The van der Waals surface area contributed by atoms with E-state index in [1.165, 1.54) is 0 Å². The first kappa shape index (κ1) is 30.2. The molecule has 212 valence electrons. The Morgan fingerprint density at radius 2 is 1.59 bits per heavy atom. The van der Waals surface area contributed by atoms with Crippen molar-refractivity contribution in [1.29, 1.82) is 0 Å². The van der Waals surface area contributed by atoms with Crippen LogP contribution in [0.5, 0.6) is 0 Å². The summed E-state index contributed by atoms with van der Waals surface area (Å²) in [7, 11) is 1.62. The molecule has 2 amide bonds. The Kier molecular flexibility index (Phi) is 10.2. The van der Waals surface area contributed by atoms with Crippen molar-refractivity contribution in [2.75, 3.05) is 38.1 Å². The molecule has 2 atom stereocenters. The first-order valence-electron chi connectivity index (χ1n) is 12.3. The molecule has 13 heteroatoms. The molecule has 0 bridgehead atoms. The van der Waals surface area contributed by atoms with Gasteiger partial charge in [0.1, 0.15) is 0 Å². The molecule has 2 heterocycles. The summed E-state index contributed by atoms with van der Waals surface area (Å²) in [6.45, 7) is 2.44. The number of hydrogen-bond donors (Lipinski definition) is 4. The van der Waals surface area contributed by atoms with Gasteiger partial charge in [0.25, 0.3) is 11.8 Å². The molecule has 9 nitrogen and oxygen atoms in total. The third-order valence-electron chi connectivity index (χ3n) is 6.57. The highest BCUT2D eigenvalue weighted by atomic mass is 35.5. The van der Waals surface area contributed by atoms with E-state index in [2.05, 4.69) is 15.5 Å². The quantitative estimate of drug-likeness (QED) is 0.436. The normalized spacial score (nSPS) is 19.7. The third-order valence-corrected chi connectivity index (χ3v) is 6.82. The minimum Gasteiger partial charge on any atom is -0.475 e. The molecule has 2 aromatic rings. The zero-order chi connectivity index (χ0) is 28.7. The number of carboxylic acid groups (broad SMARTS) is 1. The molecular weight excluding hydrogens is 541 g/mol. The highest BCUT2D eigenvalue weighted by molar-refractivity contribution is 6.30. The van der Waals surface area contributed by atoms with Gasteiger partial charge in [-0.3, -0.25) is 9.59 Å². The molecule has 0 aromatic heterocycles. The Hall–Kier alpha value is -3.35. The van der Waals surface area contributed by atoms with Crippen molar-refractivity contribution in [3.05, 3.63) is 64.7 Å². The van der Waals surface area contributed by atoms with Crippen LogP contribution in [0.1, 0.15) is 33.6 Å². The molecule has 0 aliphatic carbocycles. The monoisotopic (exact) mass is 570 g/mol. The Morgan fingerprint density at radius 1 is 1.00 bits per heavy atom. The van der Waals surface area contributed by atoms with E-state index >= 15 is 0 Å². The molecule has 2 aliphatic heterocycles. The number of para-hydroxylation sites is 1. The van der Waals surface area contributed by atoms with Crippen molar-refractivity contribution < 1.29 is 37.8 Å². The van der Waals surface area contributed by atoms with E-state index in [9.17, 15) is 27.9 Å². The summed E-state index contributed by atoms with van der Waals surface area (Å²) in [5.74, 6) is -2.87. The summed E-state index contributed by atoms with van der Waals surface area (Å²) in [6, 6.07) is 14.6. The predicted octanol–water partition coefficient (Wildman–Crippen LogP) is 2.78. The lowest BCUT2D eigenvalue weighted by molar-refractivity contribution is -0.192. The number of amides is 2. The predicted molar refractivity (Wildman–Crippen MR) is 139 cm³/mol. The van der Waals surface area contributed by atoms with E-state index in [4.69, 9.17) is 21.5 Å². The second kappa shape index (κ2) is 13.1. The number of aliphatic hydroxyl groups excluding tert-OH is 1. The molecule has 4 rings (SSSR count). The topological polar surface area (TPSA) is 122 Å². The Morgan fingerprint density at radius 3 is 2.15 bits per heavy atom. The van der Waals surface area contributed by atoms with E-state index in [1.54, 1.807) is 37.4 Å². The fourth-order valence-electron chi connectivity index (χ4n) is 4.55. The van der Waals surface area contributed by atoms with E-state index in [0.29, 0.717) is 42.3 Å². The van der Waals surface area contributed by atoms with Gasteiger partial charge in [0.05, 0.1) is 17.7 Å². The molecule has 2 aliphatic rings. The van der Waals surface area contributed by atoms with Crippen LogP contribution in [0.2, 0.25) is 5.02 Å². The van der Waals surface area contributed by atoms with Gasteiger partial charge < -0.3 is 30.6 Å². The van der Waals surface area contributed by atoms with Crippen LogP contribution in [-0.2, 0) is 4.79 Å². The van der Waals surface area contributed by atoms with Crippen LogP contribution >= 0.6 is 11.6 Å². The Balaban J connectivity index is 0.000000532. The number of aliphatic hydroxyl groups is 1. The van der Waals surface area contributed by atoms with Gasteiger partial charge >= 0.3 is 12.1 Å². The number of aliphatic carboxylic acids is 1. The van der Waals surface area contributed by atoms with Gasteiger partial charge in [-0.2, -0.15) is 13.2 Å². The summed E-state index contributed by atoms with van der Waals surface area (Å²) in [6.07, 6.45) is -3.95. The number of benzene rings is 2. The number of nitrogens with zero attached hydrogens (tertiary/aromatic N) is 2. The van der Waals surface area contributed by atoms with Gasteiger partial charge in [0, 0.05) is 55.5 Å². The van der Waals surface area contributed by atoms with Gasteiger partial charge in [-0.15, -0.1) is 0 Å². The van der Waals surface area contributed by atoms with Crippen molar-refractivity contribution in [3.63, 3.8) is 0 Å². The number of halogens is 4. The van der Waals surface area contributed by atoms with Crippen LogP contribution in [0, 0.1) is 0 Å². The smallest absolute Gasteiger partial charge is 0.475 e. The lowest BCUT2D eigenvalue weighted by Gasteiger charge is -2.34. The minimum absolute atomic E-state index is 0.0259. The largest absolute Gasteiger partial charge is 0.490 e. The van der Waals surface area contributed by atoms with Crippen molar-refractivity contribution in [2.24, 2.45) is 0 Å². The summed E-state index contributed by atoms with van der Waals surface area (Å²) in [5, 5.41) is 24.7. The zero-order valence-corrected chi connectivity index (χ0v) is 21.9. The number of carbonyl (C=O) groups excluding carboxylic acids is 2. The summed E-state index contributed by atoms with van der Waals surface area (Å²) >= 11 is 5.92. The van der Waals surface area contributed by atoms with Gasteiger partial charge in [0.2, 0.25) is 0 Å². The highest BCUT2D eigenvalue weighted by Crippen LogP contribution is 2.26. The summed E-state index contributed by atoms with van der Waals surface area (Å²) < 4.78 is 31.7. The molecular formula is C26H30ClF3N4O5. The molecule has 2 fully saturated rings. The number of carboxylic acids is 1. The fourth-order valence-corrected chi connectivity index (χ4v) is 4.68. The highest BCUT2D eigenvalue weighted by Gasteiger charge is 2.38. The maximum Gasteiger partial charge on any atom is 0.490 e. The number of nitrogens with one attached hydrogen (secondary N) is 2. The lowest BCUT2D eigenvalue weighted by atomic mass is 10.0. The van der Waals surface area contributed by atoms with E-state index < -0.39 is 18.2 Å². The second-order valence-corrected chi connectivity index (χ2v) is 9.65. The van der Waals surface area contributed by atoms with Crippen molar-refractivity contribution in [1.82, 2.24) is 15.5 Å². The minimum atomic E-state index is -5.08. The number of hydrogen-bond acceptors (Lipinski definition) is 6. The van der Waals surface area contributed by atoms with Crippen LogP contribution in [0.25, 0.3) is 0 Å². The Labute approximate surface area is 228 Å². The average Bonchev–Trinajstić information content (AvgIpc) is 3.28. The third kappa shape index (κ3) is 8.07. The fraction of sp³-hybridized carbons (Fsp3) is 0.423. The number of anilines is 1. The molecule has 0 radical (unpaired) electrons. The van der Waals surface area contributed by atoms with Crippen LogP contribution in [0.15, 0.2) is 48.5 Å². The number of alkyl halides is 3.